The van der Waals surface area contributed by atoms with E-state index in [9.17, 15) is 0 Å². The van der Waals surface area contributed by atoms with E-state index < -0.39 is 11.8 Å². The third kappa shape index (κ3) is 11.1. The van der Waals surface area contributed by atoms with Gasteiger partial charge in [-0.15, -0.1) is 0 Å². The average Bonchev–Trinajstić information content (AvgIpc) is 4.00. The van der Waals surface area contributed by atoms with Crippen molar-refractivity contribution in [1.82, 2.24) is 49.0 Å². The van der Waals surface area contributed by atoms with Crippen molar-refractivity contribution >= 4 is 110 Å². The van der Waals surface area contributed by atoms with Crippen molar-refractivity contribution in [2.24, 2.45) is 0 Å². The van der Waals surface area contributed by atoms with E-state index in [1.807, 2.05) is 69.8 Å². The van der Waals surface area contributed by atoms with Crippen LogP contribution in [0.4, 0.5) is 0 Å². The van der Waals surface area contributed by atoms with Gasteiger partial charge in [-0.25, -0.2) is 29.9 Å². The zero-order chi connectivity index (χ0) is 49.7. The molecule has 72 heavy (non-hydrogen) atoms. The van der Waals surface area contributed by atoms with E-state index in [0.29, 0.717) is 99.6 Å². The van der Waals surface area contributed by atoms with E-state index in [1.54, 1.807) is 97.8 Å². The maximum atomic E-state index is 15.4. The molecule has 0 N–H and O–H groups in total. The van der Waals surface area contributed by atoms with E-state index in [0.717, 1.165) is 11.1 Å². The van der Waals surface area contributed by atoms with Crippen LogP contribution in [0, 0.1) is 0 Å². The number of pyridine rings is 2. The molecular formula is C53H34Cl6N10O3. The molecule has 0 saturated carbocycles. The summed E-state index contributed by atoms with van der Waals surface area (Å²) in [5.41, 5.74) is 6.60. The Hall–Kier alpha value is -7.23. The molecule has 0 saturated heterocycles. The van der Waals surface area contributed by atoms with Crippen LogP contribution in [0.2, 0.25) is 30.4 Å². The van der Waals surface area contributed by atoms with Crippen LogP contribution in [0.15, 0.2) is 159 Å². The number of aromatic nitrogens is 10. The smallest absolute Gasteiger partial charge is 0.250 e. The molecule has 0 amide bonds. The SMILES string of the molecule is O=C(C(/C=C/c1ccc(Cl)cc1Cl)c1ccc(Oc2ncnc3c2ncn3Cc2ccc(Cl)nc2)cc1)C(/C=C/c1ccc(Cl)cc1Cl)c1ccc(Oc2ncnc3c2ncn3Cc2ccc(Cl)nc2)cc1. The van der Waals surface area contributed by atoms with Gasteiger partial charge in [0.05, 0.1) is 37.6 Å². The minimum atomic E-state index is -0.811. The van der Waals surface area contributed by atoms with Crippen LogP contribution in [-0.4, -0.2) is 54.8 Å². The van der Waals surface area contributed by atoms with E-state index in [1.165, 1.54) is 12.7 Å². The number of rotatable bonds is 16. The van der Waals surface area contributed by atoms with E-state index in [-0.39, 0.29) is 17.5 Å². The molecular weight excluding hydrogens is 1040 g/mol. The Bertz CT molecular complexity index is 3410. The first-order valence-electron chi connectivity index (χ1n) is 21.9. The molecule has 2 atom stereocenters. The summed E-state index contributed by atoms with van der Waals surface area (Å²) in [6.45, 7) is 0.920. The van der Waals surface area contributed by atoms with Crippen molar-refractivity contribution in [3.8, 4) is 23.3 Å². The number of hydrogen-bond donors (Lipinski definition) is 0. The summed E-state index contributed by atoms with van der Waals surface area (Å²) in [6.07, 6.45) is 16.8. The van der Waals surface area contributed by atoms with Crippen LogP contribution in [0.5, 0.6) is 23.3 Å². The summed E-state index contributed by atoms with van der Waals surface area (Å²) in [5, 5.41) is 2.62. The van der Waals surface area contributed by atoms with Crippen LogP contribution in [0.25, 0.3) is 34.5 Å². The Morgan fingerprint density at radius 2 is 0.931 bits per heavy atom. The molecule has 6 aromatic heterocycles. The van der Waals surface area contributed by atoms with Gasteiger partial charge in [0.2, 0.25) is 0 Å². The number of Topliss-reactive ketones (excluding diaryl/α,β-unsaturated/α-hetero) is 1. The number of carbonyl (C=O) groups is 1. The molecule has 2 unspecified atom stereocenters. The number of halogens is 6. The maximum Gasteiger partial charge on any atom is 0.250 e. The number of carbonyl (C=O) groups excluding carboxylic acids is 1. The van der Waals surface area contributed by atoms with E-state index in [4.69, 9.17) is 79.1 Å². The van der Waals surface area contributed by atoms with Gasteiger partial charge in [-0.1, -0.05) is 142 Å². The summed E-state index contributed by atoms with van der Waals surface area (Å²) < 4.78 is 16.3. The number of benzene rings is 4. The summed E-state index contributed by atoms with van der Waals surface area (Å²) >= 11 is 37.8. The average molecular weight is 1070 g/mol. The minimum Gasteiger partial charge on any atom is -0.437 e. The van der Waals surface area contributed by atoms with Crippen LogP contribution in [0.1, 0.15) is 45.2 Å². The lowest BCUT2D eigenvalue weighted by Crippen LogP contribution is -2.18. The predicted molar refractivity (Wildman–Crippen MR) is 282 cm³/mol. The van der Waals surface area contributed by atoms with Gasteiger partial charge in [0.1, 0.15) is 34.5 Å². The summed E-state index contributed by atoms with van der Waals surface area (Å²) in [5.74, 6) is -0.352. The quantitative estimate of drug-likeness (QED) is 0.0851. The third-order valence-electron chi connectivity index (χ3n) is 11.4. The first kappa shape index (κ1) is 48.4. The van der Waals surface area contributed by atoms with E-state index >= 15 is 4.79 Å². The molecule has 0 radical (unpaired) electrons. The van der Waals surface area contributed by atoms with Gasteiger partial charge in [0.15, 0.2) is 28.1 Å². The second-order valence-electron chi connectivity index (χ2n) is 16.2. The molecule has 10 aromatic rings. The van der Waals surface area contributed by atoms with Gasteiger partial charge in [-0.2, -0.15) is 9.97 Å². The molecule has 19 heteroatoms. The van der Waals surface area contributed by atoms with Crippen LogP contribution in [0.3, 0.4) is 0 Å². The number of ether oxygens (including phenoxy) is 2. The molecule has 0 aliphatic rings. The molecule has 6 heterocycles. The Morgan fingerprint density at radius 3 is 1.32 bits per heavy atom. The molecule has 13 nitrogen and oxygen atoms in total. The maximum absolute atomic E-state index is 15.4. The lowest BCUT2D eigenvalue weighted by Gasteiger charge is -2.20. The zero-order valence-corrected chi connectivity index (χ0v) is 41.7. The van der Waals surface area contributed by atoms with Crippen molar-refractivity contribution in [2.45, 2.75) is 24.9 Å². The number of ketones is 1. The van der Waals surface area contributed by atoms with Crippen molar-refractivity contribution in [3.63, 3.8) is 0 Å². The van der Waals surface area contributed by atoms with Crippen LogP contribution in [-0.2, 0) is 17.9 Å². The Morgan fingerprint density at radius 1 is 0.500 bits per heavy atom. The highest BCUT2D eigenvalue weighted by Crippen LogP contribution is 2.36. The fourth-order valence-corrected chi connectivity index (χ4v) is 8.98. The lowest BCUT2D eigenvalue weighted by atomic mass is 9.82. The zero-order valence-electron chi connectivity index (χ0n) is 37.2. The predicted octanol–water partition coefficient (Wildman–Crippen LogP) is 14.2. The number of allylic oxidation sites excluding steroid dienone is 2. The van der Waals surface area contributed by atoms with Crippen molar-refractivity contribution in [2.75, 3.05) is 0 Å². The largest absolute Gasteiger partial charge is 0.437 e. The van der Waals surface area contributed by atoms with Gasteiger partial charge in [0, 0.05) is 32.5 Å². The second-order valence-corrected chi connectivity index (χ2v) is 18.6. The van der Waals surface area contributed by atoms with Crippen molar-refractivity contribution in [3.05, 3.63) is 223 Å². The Kier molecular flexibility index (Phi) is 14.5. The molecule has 0 aliphatic heterocycles. The lowest BCUT2D eigenvalue weighted by molar-refractivity contribution is -0.120. The van der Waals surface area contributed by atoms with Crippen molar-refractivity contribution in [1.29, 1.82) is 0 Å². The van der Waals surface area contributed by atoms with Gasteiger partial charge in [-0.3, -0.25) is 4.79 Å². The highest BCUT2D eigenvalue weighted by Gasteiger charge is 2.27. The summed E-state index contributed by atoms with van der Waals surface area (Å²) in [4.78, 5) is 50.6. The first-order valence-corrected chi connectivity index (χ1v) is 24.2. The van der Waals surface area contributed by atoms with Crippen LogP contribution >= 0.6 is 69.6 Å². The molecule has 0 aliphatic carbocycles. The summed E-state index contributed by atoms with van der Waals surface area (Å²) in [7, 11) is 0. The Labute approximate surface area is 441 Å². The minimum absolute atomic E-state index is 0.169. The molecule has 0 fully saturated rings. The van der Waals surface area contributed by atoms with Crippen molar-refractivity contribution < 1.29 is 14.3 Å². The molecule has 0 bridgehead atoms. The number of fused-ring (bicyclic) bond motifs is 2. The molecule has 0 spiro atoms. The third-order valence-corrected chi connectivity index (χ3v) is 13.0. The highest BCUT2D eigenvalue weighted by atomic mass is 35.5. The number of nitrogens with zero attached hydrogens (tertiary/aromatic N) is 10. The van der Waals surface area contributed by atoms with E-state index in [2.05, 4.69) is 39.9 Å². The van der Waals surface area contributed by atoms with Gasteiger partial charge in [0.25, 0.3) is 11.8 Å². The number of hydrogen-bond acceptors (Lipinski definition) is 11. The van der Waals surface area contributed by atoms with Gasteiger partial charge in [-0.05, 0) is 94.0 Å². The second kappa shape index (κ2) is 21.6. The molecule has 10 rings (SSSR count). The van der Waals surface area contributed by atoms with Gasteiger partial charge < -0.3 is 18.6 Å². The fraction of sp³-hybridized carbons (Fsp3) is 0.0755. The standard InChI is InChI=1S/C53H34Cl6N10O3/c54-37-11-3-35(43(56)21-37)9-17-41(33-5-13-39(14-6-33)71-52-47-50(62-27-64-52)68(29-66-47)25-31-1-19-45(58)60-23-31)49(70)42(18-10-36-4-12-38(55)22-44(36)57)34-7-15-40(16-8-34)72-53-48-51(63-28-65-53)69(30-67-48)26-32-2-20-46(59)61-24-32/h1-24,27-30,41-42H,25-26H2/b17-9+,18-10+. The Balaban J connectivity index is 0.958. The number of imidazole rings is 2. The first-order chi connectivity index (χ1) is 35.0. The highest BCUT2D eigenvalue weighted by molar-refractivity contribution is 6.36. The van der Waals surface area contributed by atoms with Gasteiger partial charge >= 0.3 is 0 Å². The fourth-order valence-electron chi connectivity index (χ4n) is 7.81. The summed E-state index contributed by atoms with van der Waals surface area (Å²) in [6, 6.07) is 32.0. The normalized spacial score (nSPS) is 12.5. The topological polar surface area (TPSA) is 149 Å². The van der Waals surface area contributed by atoms with Crippen LogP contribution < -0.4 is 9.47 Å². The molecule has 356 valence electrons. The molecule has 4 aromatic carbocycles. The monoisotopic (exact) mass is 1070 g/mol.